The number of aliphatic hydroxyl groups is 2. The number of carboxylic acid groups (broad SMARTS) is 4. The molecule has 2 aromatic carbocycles. The van der Waals surface area contributed by atoms with Crippen molar-refractivity contribution in [1.29, 1.82) is 0 Å². The van der Waals surface area contributed by atoms with E-state index in [1.807, 2.05) is 61.6 Å². The molecule has 4 aliphatic rings. The number of H-pyrrole nitrogens is 1. The van der Waals surface area contributed by atoms with Gasteiger partial charge < -0.3 is 98.5 Å². The van der Waals surface area contributed by atoms with Crippen LogP contribution in [0.3, 0.4) is 0 Å². The van der Waals surface area contributed by atoms with Crippen LogP contribution in [0.5, 0.6) is 5.75 Å². The number of allylic oxidation sites excluding steroid dienone is 1. The third kappa shape index (κ3) is 16.2. The van der Waals surface area contributed by atoms with Crippen LogP contribution in [0.4, 0.5) is 10.5 Å². The molecule has 1 aromatic heterocycles. The Morgan fingerprint density at radius 3 is 2.10 bits per heavy atom. The number of ether oxygens (including phenoxy) is 3. The molecule has 4 heterocycles. The number of aliphatic hydroxyl groups excluding tert-OH is 1. The van der Waals surface area contributed by atoms with E-state index in [0.29, 0.717) is 61.5 Å². The van der Waals surface area contributed by atoms with Crippen molar-refractivity contribution in [3.8, 4) is 5.75 Å². The maximum Gasteiger partial charge on any atom is 0.426 e. The Kier molecular flexibility index (Phi) is 26.4. The van der Waals surface area contributed by atoms with Gasteiger partial charge in [-0.2, -0.15) is 0 Å². The van der Waals surface area contributed by atoms with Gasteiger partial charge in [-0.3, -0.25) is 58.5 Å². The van der Waals surface area contributed by atoms with Crippen molar-refractivity contribution in [2.75, 3.05) is 77.0 Å². The molecule has 6 amide bonds. The highest BCUT2D eigenvalue weighted by atomic mass is 33.1. The second kappa shape index (κ2) is 33.8. The molecule has 34 nitrogen and oxygen atoms in total. The lowest BCUT2D eigenvalue weighted by molar-refractivity contribution is -0.204. The van der Waals surface area contributed by atoms with E-state index in [2.05, 4.69) is 53.6 Å². The van der Waals surface area contributed by atoms with Gasteiger partial charge in [-0.1, -0.05) is 71.9 Å². The number of amides is 6. The number of aliphatic imine (C=N–C) groups is 1. The SMILES string of the molecule is C=CCC(C(=O)OC)(c1cc2c(cc1OC)N(C)[C@H]1[C@@](O)(C(=O)NNC(=O)OCCSSC[C@H](NC(=O)[C@H](CC(=O)O)NC(=O)[C@H](CC(=O)O)NC(=O)[C@@H](CCCN=C(N)N)NC(=O)[C@H](N)CC(=O)O)C(=O)O)[C@H](O)[C@]3(CC)C=CCN4CC[C@]21C43)c1[nH]c2ccccc2c1CCNCC. The Bertz CT molecular complexity index is 3670. The number of likely N-dealkylation sites (N-methyl/N-ethyl adjacent to an activating group) is 2. The minimum atomic E-state index is -2.70. The summed E-state index contributed by atoms with van der Waals surface area (Å²) in [5.41, 5.74) is 17.9. The number of esters is 1. The van der Waals surface area contributed by atoms with Gasteiger partial charge in [0.1, 0.15) is 48.0 Å². The van der Waals surface area contributed by atoms with Gasteiger partial charge in [0.25, 0.3) is 5.91 Å². The molecule has 36 heteroatoms. The van der Waals surface area contributed by atoms with Gasteiger partial charge in [-0.25, -0.2) is 15.0 Å². The minimum Gasteiger partial charge on any atom is -0.496 e. The second-order valence-corrected chi connectivity index (χ2v) is 27.3. The fourth-order valence-electron chi connectivity index (χ4n) is 14.5. The number of benzene rings is 2. The summed E-state index contributed by atoms with van der Waals surface area (Å²) in [6, 6.07) is 0.553. The predicted octanol–water partition coefficient (Wildman–Crippen LogP) is -1.47. The van der Waals surface area contributed by atoms with Crippen LogP contribution in [-0.2, 0) is 74.7 Å². The lowest BCUT2D eigenvalue weighted by Crippen LogP contribution is -2.82. The summed E-state index contributed by atoms with van der Waals surface area (Å²) in [6.07, 6.45) is 0.135. The van der Waals surface area contributed by atoms with Crippen LogP contribution in [0.2, 0.25) is 0 Å². The molecule has 546 valence electrons. The summed E-state index contributed by atoms with van der Waals surface area (Å²) in [5.74, 6) is -13.8. The average Bonchev–Trinajstić information content (AvgIpc) is 1.46. The number of nitrogens with zero attached hydrogens (tertiary/aromatic N) is 3. The van der Waals surface area contributed by atoms with E-state index >= 15 is 9.59 Å². The topological polar surface area (TPSA) is 534 Å². The lowest BCUT2D eigenvalue weighted by atomic mass is 9.47. The van der Waals surface area contributed by atoms with Gasteiger partial charge in [0.2, 0.25) is 23.6 Å². The molecule has 0 bridgehead atoms. The van der Waals surface area contributed by atoms with Crippen LogP contribution in [0.15, 0.2) is 66.2 Å². The van der Waals surface area contributed by atoms with E-state index in [1.165, 1.54) is 14.2 Å². The largest absolute Gasteiger partial charge is 0.496 e. The number of aromatic nitrogens is 1. The molecule has 7 rings (SSSR count). The van der Waals surface area contributed by atoms with Crippen molar-refractivity contribution < 1.29 is 97.6 Å². The third-order valence-electron chi connectivity index (χ3n) is 18.8. The molecule has 0 radical (unpaired) electrons. The van der Waals surface area contributed by atoms with Gasteiger partial charge in [0.15, 0.2) is 11.6 Å². The van der Waals surface area contributed by atoms with Crippen LogP contribution >= 0.6 is 21.6 Å². The summed E-state index contributed by atoms with van der Waals surface area (Å²) in [6.45, 7) is 9.81. The molecular formula is C64H88N14O20S2. The zero-order valence-electron chi connectivity index (χ0n) is 55.8. The predicted molar refractivity (Wildman–Crippen MR) is 365 cm³/mol. The van der Waals surface area contributed by atoms with E-state index in [0.717, 1.165) is 38.1 Å². The van der Waals surface area contributed by atoms with E-state index < -0.39 is 161 Å². The summed E-state index contributed by atoms with van der Waals surface area (Å²) < 4.78 is 17.3. The molecule has 3 aromatic rings. The Morgan fingerprint density at radius 1 is 0.860 bits per heavy atom. The standard InChI is InChI=1S/C64H88N14O20S2/c1-7-18-62(58(93)97-6,48-34(17-22-68-9-3)33-14-10-11-15-38(33)70-48)36-27-35-43(31-44(36)96-5)77(4)55-63(35)20-24-78-23-13-19-61(8-2,54(63)78)56(91)64(55,95)57(92)75-76-60(94)98-25-26-99-100-32-42(53(89)90)74-52(88)41(30-47(83)84)73-51(87)40(29-46(81)82)72-50(86)39(16-12-21-69-59(66)67)71-49(85)37(65)28-45(79)80/h7,10-11,13-15,19,27,31,37,39-42,54-56,68,70,91,95H,1,8-9,12,16-18,20-26,28-30,32,65H2,2-6H3,(H,71,85)(H,72,86)(H,73,87)(H,74,88)(H,75,92)(H,76,94)(H,79,80)(H,81,82)(H,83,84)(H,89,90)(H4,66,67,69)/t37-,39-,40+,41+,42+,54?,55-,56-,61-,62?,63-,64+/m1/s1. The Balaban J connectivity index is 1.04. The summed E-state index contributed by atoms with van der Waals surface area (Å²) in [5, 5.41) is 77.6. The van der Waals surface area contributed by atoms with Crippen molar-refractivity contribution in [2.45, 2.75) is 136 Å². The molecule has 100 heavy (non-hydrogen) atoms. The first-order valence-corrected chi connectivity index (χ1v) is 34.6. The summed E-state index contributed by atoms with van der Waals surface area (Å²) in [7, 11) is 6.30. The van der Waals surface area contributed by atoms with Crippen molar-refractivity contribution in [3.05, 3.63) is 83.6 Å². The van der Waals surface area contributed by atoms with Crippen LogP contribution in [-0.4, -0.2) is 238 Å². The molecule has 12 atom stereocenters. The molecule has 20 N–H and O–H groups in total. The molecular weight excluding hydrogens is 1350 g/mol. The number of aliphatic carboxylic acids is 4. The maximum absolute atomic E-state index is 15.1. The average molecular weight is 1440 g/mol. The first kappa shape index (κ1) is 78.1. The number of nitrogens with one attached hydrogen (secondary N) is 8. The molecule has 2 unspecified atom stereocenters. The smallest absolute Gasteiger partial charge is 0.426 e. The Morgan fingerprint density at radius 2 is 1.50 bits per heavy atom. The monoisotopic (exact) mass is 1440 g/mol. The molecule has 1 spiro atoms. The number of aromatic amines is 1. The van der Waals surface area contributed by atoms with Crippen molar-refractivity contribution in [1.82, 2.24) is 47.3 Å². The van der Waals surface area contributed by atoms with E-state index in [4.69, 9.17) is 36.5 Å². The molecule has 2 fully saturated rings. The highest BCUT2D eigenvalue weighted by molar-refractivity contribution is 8.76. The van der Waals surface area contributed by atoms with Gasteiger partial charge in [-0.05, 0) is 81.4 Å². The molecule has 1 aliphatic carbocycles. The number of rotatable bonds is 37. The Hall–Kier alpha value is -9.20. The fourth-order valence-corrected chi connectivity index (χ4v) is 16.5. The van der Waals surface area contributed by atoms with Crippen LogP contribution < -0.4 is 64.3 Å². The summed E-state index contributed by atoms with van der Waals surface area (Å²) in [4.78, 5) is 156. The van der Waals surface area contributed by atoms with Gasteiger partial charge in [0.05, 0.1) is 45.6 Å². The first-order chi connectivity index (χ1) is 47.5. The minimum absolute atomic E-state index is 0.00125. The highest BCUT2D eigenvalue weighted by Gasteiger charge is 2.79. The maximum atomic E-state index is 15.1. The number of fused-ring (bicyclic) bond motifs is 2. The number of hydrogen-bond acceptors (Lipinski definition) is 23. The molecule has 1 saturated heterocycles. The quantitative estimate of drug-likeness (QED) is 0.00596. The van der Waals surface area contributed by atoms with Crippen molar-refractivity contribution >= 4 is 110 Å². The number of para-hydroxylation sites is 1. The van der Waals surface area contributed by atoms with E-state index in [1.54, 1.807) is 24.1 Å². The number of nitrogens with two attached hydrogens (primary N) is 3. The van der Waals surface area contributed by atoms with Crippen LogP contribution in [0.1, 0.15) is 87.6 Å². The van der Waals surface area contributed by atoms with E-state index in [-0.39, 0.29) is 56.3 Å². The number of methoxy groups -OCH3 is 2. The number of carbonyl (C=O) groups is 11. The van der Waals surface area contributed by atoms with Crippen LogP contribution in [0, 0.1) is 5.41 Å². The van der Waals surface area contributed by atoms with Gasteiger partial charge >= 0.3 is 35.9 Å². The number of anilines is 1. The second-order valence-electron chi connectivity index (χ2n) is 24.6. The Labute approximate surface area is 582 Å². The van der Waals surface area contributed by atoms with Crippen molar-refractivity contribution in [2.24, 2.45) is 27.6 Å². The zero-order valence-corrected chi connectivity index (χ0v) is 57.5. The number of carboxylic acids is 4. The number of guanidine groups is 1. The third-order valence-corrected chi connectivity index (χ3v) is 21.1. The van der Waals surface area contributed by atoms with Crippen molar-refractivity contribution in [3.63, 3.8) is 0 Å². The summed E-state index contributed by atoms with van der Waals surface area (Å²) >= 11 is 0. The first-order valence-electron chi connectivity index (χ1n) is 32.1. The lowest BCUT2D eigenvalue weighted by Gasteiger charge is -2.63. The van der Waals surface area contributed by atoms with E-state index in [9.17, 15) is 68.7 Å². The molecule has 3 aliphatic heterocycles. The van der Waals surface area contributed by atoms with Gasteiger partial charge in [0, 0.05) is 82.4 Å². The fraction of sp³-hybridized carbons (Fsp3) is 0.531. The number of hydrazine groups is 1. The molecule has 1 saturated carbocycles. The number of hydrogen-bond donors (Lipinski definition) is 17. The van der Waals surface area contributed by atoms with Gasteiger partial charge in [-0.15, -0.1) is 6.58 Å². The zero-order chi connectivity index (χ0) is 73.6. The van der Waals surface area contributed by atoms with Crippen LogP contribution in [0.25, 0.3) is 10.9 Å². The number of carbonyl (C=O) groups excluding carboxylic acids is 7. The highest BCUT2D eigenvalue weighted by Crippen LogP contribution is 2.67. The normalized spacial score (nSPS) is 22.3.